The van der Waals surface area contributed by atoms with Gasteiger partial charge in [-0.15, -0.1) is 0 Å². The van der Waals surface area contributed by atoms with Gasteiger partial charge in [0.05, 0.1) is 0 Å². The summed E-state index contributed by atoms with van der Waals surface area (Å²) in [5.41, 5.74) is 1.28. The molecule has 0 heterocycles. The second-order valence-corrected chi connectivity index (χ2v) is 5.45. The van der Waals surface area contributed by atoms with Gasteiger partial charge in [-0.25, -0.2) is 0 Å². The van der Waals surface area contributed by atoms with Crippen molar-refractivity contribution >= 4 is 27.5 Å². The predicted molar refractivity (Wildman–Crippen MR) is 68.2 cm³/mol. The monoisotopic (exact) mass is 287 g/mol. The highest BCUT2D eigenvalue weighted by atomic mass is 79.9. The van der Waals surface area contributed by atoms with Crippen LogP contribution >= 0.6 is 27.5 Å². The van der Waals surface area contributed by atoms with E-state index in [0.717, 1.165) is 28.5 Å². The van der Waals surface area contributed by atoms with Crippen molar-refractivity contribution in [3.63, 3.8) is 0 Å². The summed E-state index contributed by atoms with van der Waals surface area (Å²) in [5.74, 6) is 0.913. The van der Waals surface area contributed by atoms with Crippen LogP contribution in [0.2, 0.25) is 5.02 Å². The zero-order valence-corrected chi connectivity index (χ0v) is 10.9. The smallest absolute Gasteiger partial charge is 0.0417 e. The first kappa shape index (κ1) is 11.4. The molecule has 1 aromatic carbocycles. The molecule has 0 radical (unpaired) electrons. The minimum absolute atomic E-state index is 0.782. The van der Waals surface area contributed by atoms with E-state index in [9.17, 15) is 0 Å². The fraction of sp³-hybridized carbons (Fsp3) is 0.500. The molecule has 1 aromatic rings. The molecular formula is C12H15BrClN. The lowest BCUT2D eigenvalue weighted by Crippen LogP contribution is -2.26. The van der Waals surface area contributed by atoms with Gasteiger partial charge in [0, 0.05) is 16.0 Å². The van der Waals surface area contributed by atoms with E-state index in [1.54, 1.807) is 0 Å². The highest BCUT2D eigenvalue weighted by molar-refractivity contribution is 9.10. The second-order valence-electron chi connectivity index (χ2n) is 4.16. The Bertz CT molecular complexity index is 336. The Morgan fingerprint density at radius 1 is 1.40 bits per heavy atom. The van der Waals surface area contributed by atoms with E-state index in [2.05, 4.69) is 27.3 Å². The summed E-state index contributed by atoms with van der Waals surface area (Å²) < 4.78 is 1.09. The summed E-state index contributed by atoms with van der Waals surface area (Å²) in [6.07, 6.45) is 4.21. The molecule has 0 spiro atoms. The quantitative estimate of drug-likeness (QED) is 0.883. The number of benzene rings is 1. The van der Waals surface area contributed by atoms with E-state index in [1.807, 2.05) is 12.1 Å². The zero-order valence-electron chi connectivity index (χ0n) is 8.60. The number of rotatable bonds is 4. The van der Waals surface area contributed by atoms with Crippen molar-refractivity contribution in [1.29, 1.82) is 0 Å². The first-order valence-electron chi connectivity index (χ1n) is 5.40. The van der Waals surface area contributed by atoms with Crippen LogP contribution in [0.15, 0.2) is 22.7 Å². The van der Waals surface area contributed by atoms with Gasteiger partial charge in [-0.2, -0.15) is 0 Å². The average Bonchev–Trinajstić information content (AvgIpc) is 2.12. The third-order valence-corrected chi connectivity index (χ3v) is 3.96. The fourth-order valence-corrected chi connectivity index (χ4v) is 2.60. The van der Waals surface area contributed by atoms with E-state index >= 15 is 0 Å². The first-order valence-corrected chi connectivity index (χ1v) is 6.57. The number of nitrogens with one attached hydrogen (secondary N) is 1. The summed E-state index contributed by atoms with van der Waals surface area (Å²) in [6, 6.07) is 5.95. The number of halogens is 2. The van der Waals surface area contributed by atoms with E-state index in [4.69, 9.17) is 11.6 Å². The zero-order chi connectivity index (χ0) is 10.7. The largest absolute Gasteiger partial charge is 0.312 e. The average molecular weight is 289 g/mol. The highest BCUT2D eigenvalue weighted by Gasteiger charge is 2.16. The molecule has 15 heavy (non-hydrogen) atoms. The van der Waals surface area contributed by atoms with Crippen LogP contribution in [-0.2, 0) is 6.54 Å². The third kappa shape index (κ3) is 3.20. The van der Waals surface area contributed by atoms with Crippen LogP contribution < -0.4 is 5.32 Å². The Kier molecular flexibility index (Phi) is 4.06. The van der Waals surface area contributed by atoms with Gasteiger partial charge in [0.1, 0.15) is 0 Å². The summed E-state index contributed by atoms with van der Waals surface area (Å²) >= 11 is 9.40. The molecule has 0 atom stereocenters. The molecule has 0 unspecified atom stereocenters. The predicted octanol–water partition coefficient (Wildman–Crippen LogP) is 3.99. The number of hydrogen-bond acceptors (Lipinski definition) is 1. The normalized spacial score (nSPS) is 16.4. The topological polar surface area (TPSA) is 12.0 Å². The molecule has 0 aliphatic heterocycles. The van der Waals surface area contributed by atoms with Crippen LogP contribution in [0.5, 0.6) is 0 Å². The minimum Gasteiger partial charge on any atom is -0.312 e. The standard InChI is InChI=1S/C12H15BrClN/c13-12-6-11(14)5-4-10(12)8-15-7-9-2-1-3-9/h4-6,9,15H,1-3,7-8H2. The lowest BCUT2D eigenvalue weighted by Gasteiger charge is -2.25. The maximum absolute atomic E-state index is 5.88. The summed E-state index contributed by atoms with van der Waals surface area (Å²) in [4.78, 5) is 0. The van der Waals surface area contributed by atoms with Gasteiger partial charge in [-0.1, -0.05) is 40.0 Å². The molecule has 0 saturated heterocycles. The van der Waals surface area contributed by atoms with Crippen molar-refractivity contribution in [3.05, 3.63) is 33.3 Å². The van der Waals surface area contributed by atoms with Crippen molar-refractivity contribution in [2.75, 3.05) is 6.54 Å². The molecule has 82 valence electrons. The van der Waals surface area contributed by atoms with Crippen molar-refractivity contribution in [1.82, 2.24) is 5.32 Å². The minimum atomic E-state index is 0.782. The molecular weight excluding hydrogens is 273 g/mol. The summed E-state index contributed by atoms with van der Waals surface area (Å²) in [5, 5.41) is 4.27. The molecule has 0 aromatic heterocycles. The van der Waals surface area contributed by atoms with E-state index in [0.29, 0.717) is 0 Å². The van der Waals surface area contributed by atoms with Crippen molar-refractivity contribution in [2.45, 2.75) is 25.8 Å². The third-order valence-electron chi connectivity index (χ3n) is 2.99. The van der Waals surface area contributed by atoms with Crippen LogP contribution in [0.1, 0.15) is 24.8 Å². The second kappa shape index (κ2) is 5.33. The van der Waals surface area contributed by atoms with Gasteiger partial charge in [0.25, 0.3) is 0 Å². The summed E-state index contributed by atoms with van der Waals surface area (Å²) in [7, 11) is 0. The van der Waals surface area contributed by atoms with Gasteiger partial charge in [-0.3, -0.25) is 0 Å². The van der Waals surface area contributed by atoms with Gasteiger partial charge >= 0.3 is 0 Å². The maximum atomic E-state index is 5.88. The first-order chi connectivity index (χ1) is 7.25. The van der Waals surface area contributed by atoms with Crippen LogP contribution in [0.3, 0.4) is 0 Å². The Labute approximate surface area is 104 Å². The molecule has 0 bridgehead atoms. The Hall–Kier alpha value is -0.0500. The van der Waals surface area contributed by atoms with Crippen LogP contribution in [0.25, 0.3) is 0 Å². The van der Waals surface area contributed by atoms with E-state index < -0.39 is 0 Å². The fourth-order valence-electron chi connectivity index (χ4n) is 1.77. The molecule has 1 saturated carbocycles. The maximum Gasteiger partial charge on any atom is 0.0417 e. The van der Waals surface area contributed by atoms with E-state index in [-0.39, 0.29) is 0 Å². The Morgan fingerprint density at radius 2 is 2.20 bits per heavy atom. The van der Waals surface area contributed by atoms with Crippen LogP contribution in [0, 0.1) is 5.92 Å². The molecule has 1 nitrogen and oxygen atoms in total. The SMILES string of the molecule is Clc1ccc(CNCC2CCC2)c(Br)c1. The Balaban J connectivity index is 1.81. The highest BCUT2D eigenvalue weighted by Crippen LogP contribution is 2.26. The van der Waals surface area contributed by atoms with Crippen molar-refractivity contribution in [2.24, 2.45) is 5.92 Å². The van der Waals surface area contributed by atoms with Crippen molar-refractivity contribution < 1.29 is 0 Å². The number of hydrogen-bond donors (Lipinski definition) is 1. The molecule has 0 amide bonds. The molecule has 3 heteroatoms. The molecule has 1 aliphatic rings. The van der Waals surface area contributed by atoms with E-state index in [1.165, 1.54) is 24.8 Å². The lowest BCUT2D eigenvalue weighted by molar-refractivity contribution is 0.301. The van der Waals surface area contributed by atoms with Gasteiger partial charge in [-0.05, 0) is 43.0 Å². The summed E-state index contributed by atoms with van der Waals surface area (Å²) in [6.45, 7) is 2.07. The van der Waals surface area contributed by atoms with Gasteiger partial charge in [0.2, 0.25) is 0 Å². The van der Waals surface area contributed by atoms with Crippen LogP contribution in [-0.4, -0.2) is 6.54 Å². The molecule has 1 aliphatic carbocycles. The van der Waals surface area contributed by atoms with Crippen molar-refractivity contribution in [3.8, 4) is 0 Å². The molecule has 1 N–H and O–H groups in total. The molecule has 2 rings (SSSR count). The van der Waals surface area contributed by atoms with Gasteiger partial charge < -0.3 is 5.32 Å². The molecule has 1 fully saturated rings. The van der Waals surface area contributed by atoms with Crippen LogP contribution in [0.4, 0.5) is 0 Å². The Morgan fingerprint density at radius 3 is 2.80 bits per heavy atom. The van der Waals surface area contributed by atoms with Gasteiger partial charge in [0.15, 0.2) is 0 Å². The lowest BCUT2D eigenvalue weighted by atomic mass is 9.85.